The summed E-state index contributed by atoms with van der Waals surface area (Å²) in [7, 11) is 0. The minimum Gasteiger partial charge on any atom is -0.248 e. The number of nitrogens with zero attached hydrogens (tertiary/aromatic N) is 3. The molecule has 0 atom stereocenters. The van der Waals surface area contributed by atoms with Gasteiger partial charge in [-0.1, -0.05) is 23.4 Å². The van der Waals surface area contributed by atoms with E-state index < -0.39 is 0 Å². The van der Waals surface area contributed by atoms with Crippen molar-refractivity contribution in [2.24, 2.45) is 0 Å². The van der Waals surface area contributed by atoms with Gasteiger partial charge in [0.05, 0.1) is 5.02 Å². The van der Waals surface area contributed by atoms with Gasteiger partial charge in [-0.05, 0) is 24.3 Å². The number of rotatable bonds is 2. The number of hydrogen-bond donors (Lipinski definition) is 0. The molecule has 0 radical (unpaired) electrons. The van der Waals surface area contributed by atoms with Gasteiger partial charge in [-0.25, -0.2) is 9.97 Å². The van der Waals surface area contributed by atoms with E-state index in [-0.39, 0.29) is 0 Å². The fourth-order valence-electron chi connectivity index (χ4n) is 1.06. The molecule has 0 bridgehead atoms. The molecule has 5 heteroatoms. The smallest absolute Gasteiger partial charge is 0.140 e. The molecular formula is C11H6ClN3S. The monoisotopic (exact) mass is 247 g/mol. The van der Waals surface area contributed by atoms with Gasteiger partial charge in [0, 0.05) is 17.3 Å². The molecule has 0 spiro atoms. The highest BCUT2D eigenvalue weighted by Crippen LogP contribution is 2.30. The average molecular weight is 248 g/mol. The molecular weight excluding hydrogens is 242 g/mol. The highest BCUT2D eigenvalue weighted by Gasteiger charge is 2.03. The lowest BCUT2D eigenvalue weighted by atomic mass is 10.4. The van der Waals surface area contributed by atoms with E-state index in [0.717, 1.165) is 9.92 Å². The molecule has 2 rings (SSSR count). The molecule has 0 aliphatic heterocycles. The van der Waals surface area contributed by atoms with Gasteiger partial charge in [-0.2, -0.15) is 5.26 Å². The van der Waals surface area contributed by atoms with Crippen LogP contribution in [0.3, 0.4) is 0 Å². The summed E-state index contributed by atoms with van der Waals surface area (Å²) < 4.78 is 0. The van der Waals surface area contributed by atoms with Crippen molar-refractivity contribution in [3.8, 4) is 6.07 Å². The van der Waals surface area contributed by atoms with Crippen molar-refractivity contribution in [3.63, 3.8) is 0 Å². The summed E-state index contributed by atoms with van der Waals surface area (Å²) >= 11 is 7.40. The molecule has 0 unspecified atom stereocenters. The van der Waals surface area contributed by atoms with Crippen LogP contribution in [0.2, 0.25) is 5.02 Å². The molecule has 0 saturated carbocycles. The molecule has 2 aromatic rings. The molecule has 0 aliphatic carbocycles. The maximum absolute atomic E-state index is 8.61. The van der Waals surface area contributed by atoms with E-state index >= 15 is 0 Å². The third-order valence-electron chi connectivity index (χ3n) is 1.79. The van der Waals surface area contributed by atoms with E-state index in [2.05, 4.69) is 9.97 Å². The Morgan fingerprint density at radius 2 is 2.12 bits per heavy atom. The number of hydrogen-bond acceptors (Lipinski definition) is 4. The first-order chi connectivity index (χ1) is 7.79. The minimum absolute atomic E-state index is 0.400. The summed E-state index contributed by atoms with van der Waals surface area (Å²) in [6.45, 7) is 0. The van der Waals surface area contributed by atoms with Crippen LogP contribution in [0.4, 0.5) is 0 Å². The van der Waals surface area contributed by atoms with Gasteiger partial charge in [0.2, 0.25) is 0 Å². The van der Waals surface area contributed by atoms with Gasteiger partial charge < -0.3 is 0 Å². The molecule has 78 valence electrons. The molecule has 0 fully saturated rings. The first kappa shape index (κ1) is 10.9. The molecule has 16 heavy (non-hydrogen) atoms. The predicted molar refractivity (Wildman–Crippen MR) is 62.3 cm³/mol. The van der Waals surface area contributed by atoms with Crippen LogP contribution in [0, 0.1) is 11.3 Å². The topological polar surface area (TPSA) is 49.6 Å². The number of aromatic nitrogens is 2. The van der Waals surface area contributed by atoms with E-state index in [1.54, 1.807) is 30.6 Å². The summed E-state index contributed by atoms with van der Waals surface area (Å²) in [5.74, 6) is 0. The van der Waals surface area contributed by atoms with Gasteiger partial charge in [-0.3, -0.25) is 0 Å². The Labute approximate surface area is 102 Å². The average Bonchev–Trinajstić information content (AvgIpc) is 2.33. The summed E-state index contributed by atoms with van der Waals surface area (Å²) in [4.78, 5) is 9.03. The summed E-state index contributed by atoms with van der Waals surface area (Å²) in [5, 5.41) is 9.95. The summed E-state index contributed by atoms with van der Waals surface area (Å²) in [5.41, 5.74) is 0.400. The van der Waals surface area contributed by atoms with Crippen molar-refractivity contribution < 1.29 is 0 Å². The second-order valence-corrected chi connectivity index (χ2v) is 4.35. The lowest BCUT2D eigenvalue weighted by Gasteiger charge is -2.01. The van der Waals surface area contributed by atoms with Crippen molar-refractivity contribution in [3.05, 3.63) is 47.4 Å². The van der Waals surface area contributed by atoms with E-state index in [0.29, 0.717) is 10.7 Å². The maximum atomic E-state index is 8.61. The fraction of sp³-hybridized carbons (Fsp3) is 0. The Bertz CT molecular complexity index is 534. The highest BCUT2D eigenvalue weighted by atomic mass is 35.5. The number of halogens is 1. The van der Waals surface area contributed by atoms with Crippen molar-refractivity contribution in [2.75, 3.05) is 0 Å². The Balaban J connectivity index is 2.22. The Morgan fingerprint density at radius 3 is 2.75 bits per heavy atom. The van der Waals surface area contributed by atoms with E-state index in [1.807, 2.05) is 12.1 Å². The Kier molecular flexibility index (Phi) is 3.40. The number of pyridine rings is 2. The van der Waals surface area contributed by atoms with Crippen molar-refractivity contribution in [1.82, 2.24) is 9.97 Å². The largest absolute Gasteiger partial charge is 0.248 e. The van der Waals surface area contributed by atoms with Gasteiger partial charge in [0.15, 0.2) is 0 Å². The molecule has 2 heterocycles. The fourth-order valence-corrected chi connectivity index (χ4v) is 2.05. The Morgan fingerprint density at radius 1 is 1.25 bits per heavy atom. The second kappa shape index (κ2) is 4.97. The third-order valence-corrected chi connectivity index (χ3v) is 3.20. The maximum Gasteiger partial charge on any atom is 0.140 e. The first-order valence-electron chi connectivity index (χ1n) is 4.44. The van der Waals surface area contributed by atoms with Crippen LogP contribution in [-0.4, -0.2) is 9.97 Å². The zero-order valence-corrected chi connectivity index (χ0v) is 9.66. The molecule has 0 N–H and O–H groups in total. The van der Waals surface area contributed by atoms with Crippen LogP contribution in [0.25, 0.3) is 0 Å². The zero-order chi connectivity index (χ0) is 11.4. The van der Waals surface area contributed by atoms with Crippen LogP contribution in [-0.2, 0) is 0 Å². The molecule has 0 amide bonds. The molecule has 0 saturated heterocycles. The van der Waals surface area contributed by atoms with Crippen LogP contribution in [0.1, 0.15) is 5.69 Å². The van der Waals surface area contributed by atoms with Crippen molar-refractivity contribution in [1.29, 1.82) is 5.26 Å². The molecule has 3 nitrogen and oxygen atoms in total. The van der Waals surface area contributed by atoms with Gasteiger partial charge >= 0.3 is 0 Å². The molecule has 0 aromatic carbocycles. The van der Waals surface area contributed by atoms with Crippen LogP contribution in [0.15, 0.2) is 46.6 Å². The van der Waals surface area contributed by atoms with E-state index in [4.69, 9.17) is 16.9 Å². The quantitative estimate of drug-likeness (QED) is 0.818. The standard InChI is InChI=1S/C11H6ClN3S/c12-10-2-1-5-14-11(10)16-9-4-3-8(6-13)15-7-9/h1-5,7H. The molecule has 0 aliphatic rings. The zero-order valence-electron chi connectivity index (χ0n) is 8.09. The van der Waals surface area contributed by atoms with Crippen LogP contribution >= 0.6 is 23.4 Å². The number of nitriles is 1. The summed E-state index contributed by atoms with van der Waals surface area (Å²) in [6, 6.07) is 9.02. The highest BCUT2D eigenvalue weighted by molar-refractivity contribution is 7.99. The molecule has 2 aromatic heterocycles. The van der Waals surface area contributed by atoms with Gasteiger partial charge in [-0.15, -0.1) is 0 Å². The van der Waals surface area contributed by atoms with Crippen LogP contribution in [0.5, 0.6) is 0 Å². The van der Waals surface area contributed by atoms with Crippen molar-refractivity contribution in [2.45, 2.75) is 9.92 Å². The predicted octanol–water partition coefficient (Wildman–Crippen LogP) is 3.15. The normalized spacial score (nSPS) is 9.75. The lowest BCUT2D eigenvalue weighted by Crippen LogP contribution is -1.84. The third kappa shape index (κ3) is 2.51. The van der Waals surface area contributed by atoms with Crippen LogP contribution < -0.4 is 0 Å². The van der Waals surface area contributed by atoms with Crippen molar-refractivity contribution >= 4 is 23.4 Å². The van der Waals surface area contributed by atoms with Gasteiger partial charge in [0.1, 0.15) is 16.8 Å². The summed E-state index contributed by atoms with van der Waals surface area (Å²) in [6.07, 6.45) is 3.32. The van der Waals surface area contributed by atoms with E-state index in [1.165, 1.54) is 11.8 Å². The van der Waals surface area contributed by atoms with E-state index in [9.17, 15) is 0 Å². The first-order valence-corrected chi connectivity index (χ1v) is 5.63. The lowest BCUT2D eigenvalue weighted by molar-refractivity contribution is 1.12. The SMILES string of the molecule is N#Cc1ccc(Sc2ncccc2Cl)cn1. The van der Waals surface area contributed by atoms with Gasteiger partial charge in [0.25, 0.3) is 0 Å². The second-order valence-electron chi connectivity index (χ2n) is 2.88. The Hall–Kier alpha value is -1.57. The minimum atomic E-state index is 0.400.